The summed E-state index contributed by atoms with van der Waals surface area (Å²) in [5, 5.41) is 9.02. The standard InChI is InChI=1S/C13H15N3O3/c1-13(2)6-19-5-10(13)16-7-14-8-3-4-9(12(17)18)15-11(8)16/h3-4,7,10H,5-6H2,1-2H3,(H,17,18)/t10-/m1/s1. The number of carboxylic acid groups (broad SMARTS) is 1. The predicted octanol–water partition coefficient (Wildman–Crippen LogP) is 1.73. The van der Waals surface area contributed by atoms with Crippen LogP contribution in [0.25, 0.3) is 11.2 Å². The van der Waals surface area contributed by atoms with Crippen molar-refractivity contribution in [2.75, 3.05) is 13.2 Å². The van der Waals surface area contributed by atoms with Crippen molar-refractivity contribution in [2.45, 2.75) is 19.9 Å². The summed E-state index contributed by atoms with van der Waals surface area (Å²) in [6.07, 6.45) is 1.71. The number of aromatic carboxylic acids is 1. The number of carbonyl (C=O) groups is 1. The minimum Gasteiger partial charge on any atom is -0.477 e. The molecule has 1 aliphatic rings. The summed E-state index contributed by atoms with van der Waals surface area (Å²) in [4.78, 5) is 19.5. The van der Waals surface area contributed by atoms with Gasteiger partial charge in [-0.15, -0.1) is 0 Å². The van der Waals surface area contributed by atoms with Gasteiger partial charge in [-0.1, -0.05) is 13.8 Å². The molecule has 0 saturated carbocycles. The van der Waals surface area contributed by atoms with Crippen LogP contribution in [0.2, 0.25) is 0 Å². The molecule has 0 amide bonds. The molecular formula is C13H15N3O3. The maximum Gasteiger partial charge on any atom is 0.354 e. The Hall–Kier alpha value is -1.95. The summed E-state index contributed by atoms with van der Waals surface area (Å²) >= 11 is 0. The lowest BCUT2D eigenvalue weighted by Crippen LogP contribution is -2.25. The highest BCUT2D eigenvalue weighted by atomic mass is 16.5. The van der Waals surface area contributed by atoms with Gasteiger partial charge in [0.2, 0.25) is 0 Å². The van der Waals surface area contributed by atoms with Crippen molar-refractivity contribution in [1.29, 1.82) is 0 Å². The lowest BCUT2D eigenvalue weighted by Gasteiger charge is -2.25. The molecule has 6 heteroatoms. The zero-order valence-electron chi connectivity index (χ0n) is 10.8. The van der Waals surface area contributed by atoms with Crippen LogP contribution < -0.4 is 0 Å². The zero-order valence-corrected chi connectivity index (χ0v) is 10.8. The van der Waals surface area contributed by atoms with Crippen LogP contribution in [0, 0.1) is 5.41 Å². The van der Waals surface area contributed by atoms with Crippen molar-refractivity contribution in [3.63, 3.8) is 0 Å². The Morgan fingerprint density at radius 1 is 1.53 bits per heavy atom. The molecule has 1 saturated heterocycles. The number of imidazole rings is 1. The Morgan fingerprint density at radius 2 is 2.32 bits per heavy atom. The van der Waals surface area contributed by atoms with Crippen molar-refractivity contribution in [1.82, 2.24) is 14.5 Å². The van der Waals surface area contributed by atoms with Crippen molar-refractivity contribution in [3.8, 4) is 0 Å². The maximum atomic E-state index is 11.0. The highest BCUT2D eigenvalue weighted by Crippen LogP contribution is 2.38. The maximum absolute atomic E-state index is 11.0. The number of ether oxygens (including phenoxy) is 1. The normalized spacial score (nSPS) is 21.9. The fraction of sp³-hybridized carbons (Fsp3) is 0.462. The van der Waals surface area contributed by atoms with Crippen LogP contribution in [-0.2, 0) is 4.74 Å². The average molecular weight is 261 g/mol. The first-order chi connectivity index (χ1) is 8.99. The zero-order chi connectivity index (χ0) is 13.6. The SMILES string of the molecule is CC1(C)COC[C@H]1n1cnc2ccc(C(=O)O)nc21. The number of nitrogens with zero attached hydrogens (tertiary/aromatic N) is 3. The second kappa shape index (κ2) is 4.03. The van der Waals surface area contributed by atoms with Crippen molar-refractivity contribution >= 4 is 17.1 Å². The third kappa shape index (κ3) is 1.88. The minimum absolute atomic E-state index is 0.0193. The Labute approximate surface area is 110 Å². The van der Waals surface area contributed by atoms with Gasteiger partial charge in [-0.05, 0) is 12.1 Å². The van der Waals surface area contributed by atoms with Gasteiger partial charge >= 0.3 is 5.97 Å². The Kier molecular flexibility index (Phi) is 2.56. The molecule has 0 spiro atoms. The summed E-state index contributed by atoms with van der Waals surface area (Å²) in [5.41, 5.74) is 1.32. The van der Waals surface area contributed by atoms with Gasteiger partial charge in [-0.3, -0.25) is 0 Å². The fourth-order valence-corrected chi connectivity index (χ4v) is 2.47. The van der Waals surface area contributed by atoms with Crippen LogP contribution in [0.3, 0.4) is 0 Å². The van der Waals surface area contributed by atoms with E-state index in [-0.39, 0.29) is 17.2 Å². The van der Waals surface area contributed by atoms with E-state index in [1.165, 1.54) is 6.07 Å². The summed E-state index contributed by atoms with van der Waals surface area (Å²) in [6, 6.07) is 3.28. The van der Waals surface area contributed by atoms with E-state index in [4.69, 9.17) is 9.84 Å². The first-order valence-corrected chi connectivity index (χ1v) is 6.14. The van der Waals surface area contributed by atoms with Crippen LogP contribution in [-0.4, -0.2) is 38.8 Å². The molecule has 19 heavy (non-hydrogen) atoms. The van der Waals surface area contributed by atoms with Crippen LogP contribution >= 0.6 is 0 Å². The molecule has 1 fully saturated rings. The van der Waals surface area contributed by atoms with Gasteiger partial charge in [0, 0.05) is 5.41 Å². The van der Waals surface area contributed by atoms with E-state index in [1.54, 1.807) is 12.4 Å². The average Bonchev–Trinajstić information content (AvgIpc) is 2.90. The molecule has 0 bridgehead atoms. The second-order valence-electron chi connectivity index (χ2n) is 5.52. The lowest BCUT2D eigenvalue weighted by molar-refractivity contribution is 0.0691. The molecule has 1 aliphatic heterocycles. The van der Waals surface area contributed by atoms with Crippen molar-refractivity contribution in [3.05, 3.63) is 24.2 Å². The number of carboxylic acids is 1. The monoisotopic (exact) mass is 261 g/mol. The molecule has 0 unspecified atom stereocenters. The molecule has 1 atom stereocenters. The number of fused-ring (bicyclic) bond motifs is 1. The first kappa shape index (κ1) is 12.1. The Morgan fingerprint density at radius 3 is 2.95 bits per heavy atom. The second-order valence-corrected chi connectivity index (χ2v) is 5.52. The van der Waals surface area contributed by atoms with Crippen LogP contribution in [0.1, 0.15) is 30.4 Å². The van der Waals surface area contributed by atoms with E-state index in [0.717, 1.165) is 0 Å². The molecule has 3 heterocycles. The smallest absolute Gasteiger partial charge is 0.354 e. The topological polar surface area (TPSA) is 77.2 Å². The first-order valence-electron chi connectivity index (χ1n) is 6.14. The molecule has 0 radical (unpaired) electrons. The van der Waals surface area contributed by atoms with Gasteiger partial charge in [-0.25, -0.2) is 14.8 Å². The Bertz CT molecular complexity index is 648. The fourth-order valence-electron chi connectivity index (χ4n) is 2.47. The summed E-state index contributed by atoms with van der Waals surface area (Å²) in [6.45, 7) is 5.52. The molecule has 3 rings (SSSR count). The lowest BCUT2D eigenvalue weighted by atomic mass is 9.88. The predicted molar refractivity (Wildman–Crippen MR) is 68.1 cm³/mol. The number of pyridine rings is 1. The highest BCUT2D eigenvalue weighted by Gasteiger charge is 2.37. The summed E-state index contributed by atoms with van der Waals surface area (Å²) in [7, 11) is 0. The number of aromatic nitrogens is 3. The largest absolute Gasteiger partial charge is 0.477 e. The summed E-state index contributed by atoms with van der Waals surface area (Å²) in [5.74, 6) is -1.03. The van der Waals surface area contributed by atoms with Crippen LogP contribution in [0.15, 0.2) is 18.5 Å². The number of hydrogen-bond acceptors (Lipinski definition) is 4. The van der Waals surface area contributed by atoms with Crippen LogP contribution in [0.5, 0.6) is 0 Å². The Balaban J connectivity index is 2.14. The van der Waals surface area contributed by atoms with E-state index in [1.807, 2.05) is 4.57 Å². The number of hydrogen-bond donors (Lipinski definition) is 1. The molecule has 100 valence electrons. The third-order valence-electron chi connectivity index (χ3n) is 3.63. The van der Waals surface area contributed by atoms with E-state index in [2.05, 4.69) is 23.8 Å². The molecule has 6 nitrogen and oxygen atoms in total. The highest BCUT2D eigenvalue weighted by molar-refractivity contribution is 5.88. The van der Waals surface area contributed by atoms with Gasteiger partial charge in [0.05, 0.1) is 25.6 Å². The quantitative estimate of drug-likeness (QED) is 0.890. The van der Waals surface area contributed by atoms with E-state index < -0.39 is 5.97 Å². The van der Waals surface area contributed by atoms with Gasteiger partial charge < -0.3 is 14.4 Å². The molecule has 1 N–H and O–H groups in total. The van der Waals surface area contributed by atoms with E-state index in [0.29, 0.717) is 24.4 Å². The van der Waals surface area contributed by atoms with Crippen molar-refractivity contribution < 1.29 is 14.6 Å². The van der Waals surface area contributed by atoms with Gasteiger partial charge in [0.25, 0.3) is 0 Å². The number of rotatable bonds is 2. The molecular weight excluding hydrogens is 246 g/mol. The van der Waals surface area contributed by atoms with Crippen LogP contribution in [0.4, 0.5) is 0 Å². The molecule has 2 aromatic rings. The van der Waals surface area contributed by atoms with Gasteiger partial charge in [-0.2, -0.15) is 0 Å². The van der Waals surface area contributed by atoms with E-state index >= 15 is 0 Å². The summed E-state index contributed by atoms with van der Waals surface area (Å²) < 4.78 is 7.46. The van der Waals surface area contributed by atoms with Crippen molar-refractivity contribution in [2.24, 2.45) is 5.41 Å². The van der Waals surface area contributed by atoms with Gasteiger partial charge in [0.15, 0.2) is 11.3 Å². The van der Waals surface area contributed by atoms with E-state index in [9.17, 15) is 4.79 Å². The molecule has 0 aromatic carbocycles. The molecule has 0 aliphatic carbocycles. The molecule has 2 aromatic heterocycles. The third-order valence-corrected chi connectivity index (χ3v) is 3.63. The van der Waals surface area contributed by atoms with Gasteiger partial charge in [0.1, 0.15) is 5.52 Å². The minimum atomic E-state index is -1.03.